The van der Waals surface area contributed by atoms with Crippen molar-refractivity contribution in [2.24, 2.45) is 0 Å². The van der Waals surface area contributed by atoms with Crippen LogP contribution < -0.4 is 0 Å². The largest absolute Gasteiger partial charge is 0.456 e. The highest BCUT2D eigenvalue weighted by Crippen LogP contribution is 2.49. The van der Waals surface area contributed by atoms with Gasteiger partial charge in [-0.25, -0.2) is 0 Å². The SMILES string of the molecule is Cc1ccc(C)c2ccccc12.Cc1ccc2c(c1)C(C)(C)c1cc(C)ccc1-2.Cc1ccc2c(c1)oc1cc(C)ccc12.Cc1ccc2c(c1)sc1cc(C)ccc12.Cc1ccc2c(ccc3cc(C)ccc32)c1.Cc1ccc2cc(C)ccc2c1. The lowest BCUT2D eigenvalue weighted by molar-refractivity contribution is 0.659. The first kappa shape index (κ1) is 59.6. The van der Waals surface area contributed by atoms with E-state index < -0.39 is 0 Å². The Hall–Kier alpha value is -9.08. The summed E-state index contributed by atoms with van der Waals surface area (Å²) >= 11 is 1.89. The third-order valence-corrected chi connectivity index (χ3v) is 18.3. The number of benzene rings is 13. The average Bonchev–Trinajstić information content (AvgIpc) is 1.80. The Kier molecular flexibility index (Phi) is 17.2. The van der Waals surface area contributed by atoms with E-state index in [9.17, 15) is 0 Å². The Morgan fingerprint density at radius 3 is 0.954 bits per heavy atom. The molecular formula is C85H80OS. The first-order valence-electron chi connectivity index (χ1n) is 30.6. The molecule has 0 unspecified atom stereocenters. The van der Waals surface area contributed by atoms with Crippen LogP contribution in [0.3, 0.4) is 0 Å². The molecular weight excluding hydrogens is 1070 g/mol. The molecule has 0 N–H and O–H groups in total. The quantitative estimate of drug-likeness (QED) is 0.138. The lowest BCUT2D eigenvalue weighted by Gasteiger charge is -2.22. The lowest BCUT2D eigenvalue weighted by atomic mass is 9.81. The van der Waals surface area contributed by atoms with Crippen LogP contribution in [0.1, 0.15) is 91.7 Å². The van der Waals surface area contributed by atoms with E-state index in [0.717, 1.165) is 11.2 Å². The number of thiophene rings is 1. The van der Waals surface area contributed by atoms with Gasteiger partial charge in [0.1, 0.15) is 11.2 Å². The van der Waals surface area contributed by atoms with Crippen molar-refractivity contribution >= 4 is 96.5 Å². The third-order valence-electron chi connectivity index (χ3n) is 17.2. The summed E-state index contributed by atoms with van der Waals surface area (Å²) in [6.45, 7) is 30.3. The smallest absolute Gasteiger partial charge is 0.135 e. The van der Waals surface area contributed by atoms with E-state index in [1.165, 1.54) is 163 Å². The van der Waals surface area contributed by atoms with Gasteiger partial charge in [0.2, 0.25) is 0 Å². The van der Waals surface area contributed by atoms with Crippen molar-refractivity contribution in [3.63, 3.8) is 0 Å². The second-order valence-corrected chi connectivity index (χ2v) is 26.1. The normalized spacial score (nSPS) is 11.9. The van der Waals surface area contributed by atoms with Crippen LogP contribution in [0.5, 0.6) is 0 Å². The van der Waals surface area contributed by atoms with Crippen molar-refractivity contribution in [3.8, 4) is 11.1 Å². The summed E-state index contributed by atoms with van der Waals surface area (Å²) in [6.07, 6.45) is 0. The van der Waals surface area contributed by atoms with Crippen LogP contribution in [0.25, 0.3) is 96.3 Å². The van der Waals surface area contributed by atoms with E-state index in [1.807, 2.05) is 11.3 Å². The molecule has 1 nitrogen and oxygen atoms in total. The number of aryl methyl sites for hydroxylation is 12. The van der Waals surface area contributed by atoms with Crippen molar-refractivity contribution < 1.29 is 4.42 Å². The van der Waals surface area contributed by atoms with E-state index in [-0.39, 0.29) is 5.41 Å². The van der Waals surface area contributed by atoms with Crippen molar-refractivity contribution in [2.45, 2.75) is 102 Å². The number of rotatable bonds is 0. The molecule has 87 heavy (non-hydrogen) atoms. The van der Waals surface area contributed by atoms with Crippen molar-refractivity contribution in [3.05, 3.63) is 308 Å². The van der Waals surface area contributed by atoms with Crippen LogP contribution in [-0.2, 0) is 5.41 Å². The maximum atomic E-state index is 5.81. The fourth-order valence-corrected chi connectivity index (χ4v) is 13.6. The van der Waals surface area contributed by atoms with E-state index in [1.54, 1.807) is 0 Å². The number of hydrogen-bond donors (Lipinski definition) is 0. The van der Waals surface area contributed by atoms with E-state index >= 15 is 0 Å². The van der Waals surface area contributed by atoms with Gasteiger partial charge in [-0.15, -0.1) is 11.3 Å². The summed E-state index contributed by atoms with van der Waals surface area (Å²) in [4.78, 5) is 0. The van der Waals surface area contributed by atoms with Crippen LogP contribution in [-0.4, -0.2) is 0 Å². The van der Waals surface area contributed by atoms with Crippen LogP contribution in [0.2, 0.25) is 0 Å². The second-order valence-electron chi connectivity index (χ2n) is 25.0. The molecule has 1 aliphatic carbocycles. The number of fused-ring (bicyclic) bond motifs is 14. The van der Waals surface area contributed by atoms with E-state index in [0.29, 0.717) is 0 Å². The Labute approximate surface area is 519 Å². The standard InChI is InChI=1S/C17H18.C16H14.C14H12O.C14H12S.2C12H12/c1-11-5-7-13-14-8-6-12(2)10-16(14)17(3,4)15(13)9-11;1-11-3-7-15-13(9-11)5-6-14-10-12(2)4-8-16(14)15;2*1-9-3-5-11-12-6-4-10(2)8-14(12)15-13(11)7-9;1-9-3-5-12-8-10(2)4-6-11(12)7-9;1-9-7-8-10(2)12-6-4-3-5-11(9)12/h5-10H,1-4H3;3-10H,1-2H3;2*3-8H,1-2H3;2*3-8H,1-2H3. The van der Waals surface area contributed by atoms with Gasteiger partial charge < -0.3 is 4.42 Å². The Morgan fingerprint density at radius 1 is 0.253 bits per heavy atom. The molecule has 0 amide bonds. The van der Waals surface area contributed by atoms with Crippen LogP contribution in [0.4, 0.5) is 0 Å². The van der Waals surface area contributed by atoms with Gasteiger partial charge >= 0.3 is 0 Å². The zero-order valence-corrected chi connectivity index (χ0v) is 54.1. The van der Waals surface area contributed by atoms with Crippen LogP contribution in [0.15, 0.2) is 235 Å². The van der Waals surface area contributed by atoms with Gasteiger partial charge in [0.25, 0.3) is 0 Å². The Bertz CT molecular complexity index is 4610. The molecule has 2 heteroatoms. The fraction of sp³-hybridized carbons (Fsp3) is 0.176. The number of furan rings is 1. The summed E-state index contributed by atoms with van der Waals surface area (Å²) in [6, 6.07) is 83.4. The molecule has 0 radical (unpaired) electrons. The van der Waals surface area contributed by atoms with Crippen molar-refractivity contribution in [2.75, 3.05) is 0 Å². The highest BCUT2D eigenvalue weighted by atomic mass is 32.1. The monoisotopic (exact) mass is 1150 g/mol. The molecule has 15 aromatic rings. The minimum absolute atomic E-state index is 0.142. The highest BCUT2D eigenvalue weighted by molar-refractivity contribution is 7.25. The maximum Gasteiger partial charge on any atom is 0.135 e. The molecule has 432 valence electrons. The van der Waals surface area contributed by atoms with Crippen LogP contribution >= 0.6 is 11.3 Å². The predicted octanol–water partition coefficient (Wildman–Crippen LogP) is 25.0. The summed E-state index contributed by atoms with van der Waals surface area (Å²) in [7, 11) is 0. The fourth-order valence-electron chi connectivity index (χ4n) is 12.3. The summed E-state index contributed by atoms with van der Waals surface area (Å²) < 4.78 is 8.61. The van der Waals surface area contributed by atoms with Gasteiger partial charge in [0, 0.05) is 36.4 Å². The van der Waals surface area contributed by atoms with Crippen LogP contribution in [0, 0.1) is 83.1 Å². The van der Waals surface area contributed by atoms with Gasteiger partial charge in [0.15, 0.2) is 0 Å². The van der Waals surface area contributed by atoms with Gasteiger partial charge in [-0.05, 0) is 206 Å². The molecule has 0 aliphatic heterocycles. The molecule has 16 rings (SSSR count). The maximum absolute atomic E-state index is 5.81. The molecule has 13 aromatic carbocycles. The van der Waals surface area contributed by atoms with Crippen molar-refractivity contribution in [1.29, 1.82) is 0 Å². The molecule has 0 atom stereocenters. The second kappa shape index (κ2) is 25.1. The molecule has 2 heterocycles. The first-order valence-corrected chi connectivity index (χ1v) is 31.4. The molecule has 0 saturated carbocycles. The summed E-state index contributed by atoms with van der Waals surface area (Å²) in [5.41, 5.74) is 23.7. The topological polar surface area (TPSA) is 13.1 Å². The van der Waals surface area contributed by atoms with Gasteiger partial charge in [0.05, 0.1) is 0 Å². The Balaban J connectivity index is 0.000000109. The minimum atomic E-state index is 0.142. The predicted molar refractivity (Wildman–Crippen MR) is 383 cm³/mol. The molecule has 1 aliphatic rings. The van der Waals surface area contributed by atoms with Crippen molar-refractivity contribution in [1.82, 2.24) is 0 Å². The zero-order chi connectivity index (χ0) is 61.3. The lowest BCUT2D eigenvalue weighted by Crippen LogP contribution is -2.15. The highest BCUT2D eigenvalue weighted by Gasteiger charge is 2.35. The zero-order valence-electron chi connectivity index (χ0n) is 53.3. The molecule has 0 saturated heterocycles. The van der Waals surface area contributed by atoms with Gasteiger partial charge in [-0.2, -0.15) is 0 Å². The van der Waals surface area contributed by atoms with E-state index in [2.05, 4.69) is 327 Å². The Morgan fingerprint density at radius 2 is 0.552 bits per heavy atom. The van der Waals surface area contributed by atoms with E-state index in [4.69, 9.17) is 4.42 Å². The third kappa shape index (κ3) is 13.0. The molecule has 2 aromatic heterocycles. The van der Waals surface area contributed by atoms with Gasteiger partial charge in [-0.1, -0.05) is 253 Å². The summed E-state index contributed by atoms with van der Waals surface area (Å²) in [5.74, 6) is 0. The number of hydrogen-bond acceptors (Lipinski definition) is 2. The average molecular weight is 1150 g/mol. The molecule has 0 spiro atoms. The van der Waals surface area contributed by atoms with Gasteiger partial charge in [-0.3, -0.25) is 0 Å². The molecule has 0 bridgehead atoms. The molecule has 0 fully saturated rings. The minimum Gasteiger partial charge on any atom is -0.456 e. The first-order chi connectivity index (χ1) is 41.8. The summed E-state index contributed by atoms with van der Waals surface area (Å²) in [5, 5.41) is 16.0.